The van der Waals surface area contributed by atoms with Gasteiger partial charge in [0.05, 0.1) is 24.1 Å². The molecule has 0 bridgehead atoms. The fraction of sp³-hybridized carbons (Fsp3) is 0.333. The number of benzene rings is 1. The van der Waals surface area contributed by atoms with E-state index in [2.05, 4.69) is 4.74 Å². The van der Waals surface area contributed by atoms with Gasteiger partial charge in [-0.25, -0.2) is 4.79 Å². The summed E-state index contributed by atoms with van der Waals surface area (Å²) in [6.45, 7) is 1.72. The highest BCUT2D eigenvalue weighted by Crippen LogP contribution is 2.26. The molecule has 1 heterocycles. The van der Waals surface area contributed by atoms with Crippen LogP contribution in [0.3, 0.4) is 0 Å². The lowest BCUT2D eigenvalue weighted by Gasteiger charge is -2.21. The average Bonchev–Trinajstić information content (AvgIpc) is 2.99. The van der Waals surface area contributed by atoms with Crippen LogP contribution in [-0.2, 0) is 11.3 Å². The van der Waals surface area contributed by atoms with Crippen molar-refractivity contribution in [3.63, 3.8) is 0 Å². The van der Waals surface area contributed by atoms with Crippen molar-refractivity contribution < 1.29 is 23.7 Å². The van der Waals surface area contributed by atoms with E-state index in [1.165, 1.54) is 36.3 Å². The lowest BCUT2D eigenvalue weighted by atomic mass is 10.1. The quantitative estimate of drug-likeness (QED) is 0.434. The number of amides is 1. The molecule has 0 atom stereocenters. The number of nitro groups is 1. The molecule has 1 amide bonds. The van der Waals surface area contributed by atoms with Gasteiger partial charge in [-0.1, -0.05) is 0 Å². The minimum atomic E-state index is -0.547. The number of hydrogen-bond donors (Lipinski definition) is 0. The summed E-state index contributed by atoms with van der Waals surface area (Å²) in [5.74, 6) is -0.135. The van der Waals surface area contributed by atoms with Crippen LogP contribution in [0.1, 0.15) is 32.2 Å². The molecular weight excluding hydrogens is 354 g/mol. The second-order valence-electron chi connectivity index (χ2n) is 6.19. The monoisotopic (exact) mass is 375 g/mol. The summed E-state index contributed by atoms with van der Waals surface area (Å²) in [4.78, 5) is 38.1. The van der Waals surface area contributed by atoms with Crippen LogP contribution in [0, 0.1) is 17.0 Å². The fourth-order valence-electron chi connectivity index (χ4n) is 2.64. The van der Waals surface area contributed by atoms with Crippen molar-refractivity contribution in [1.82, 2.24) is 4.90 Å². The van der Waals surface area contributed by atoms with Gasteiger partial charge in [0, 0.05) is 39.0 Å². The van der Waals surface area contributed by atoms with E-state index in [9.17, 15) is 19.7 Å². The predicted molar refractivity (Wildman–Crippen MR) is 98.0 cm³/mol. The van der Waals surface area contributed by atoms with E-state index in [0.717, 1.165) is 0 Å². The van der Waals surface area contributed by atoms with E-state index in [1.54, 1.807) is 33.0 Å². The van der Waals surface area contributed by atoms with Crippen molar-refractivity contribution >= 4 is 23.3 Å². The summed E-state index contributed by atoms with van der Waals surface area (Å²) in [7, 11) is 6.32. The number of anilines is 1. The van der Waals surface area contributed by atoms with E-state index >= 15 is 0 Å². The number of rotatable bonds is 6. The molecule has 0 aliphatic rings. The highest BCUT2D eigenvalue weighted by Gasteiger charge is 2.23. The molecule has 2 rings (SSSR count). The van der Waals surface area contributed by atoms with Gasteiger partial charge in [-0.15, -0.1) is 0 Å². The number of methoxy groups -OCH3 is 1. The Morgan fingerprint density at radius 1 is 1.19 bits per heavy atom. The first-order chi connectivity index (χ1) is 12.6. The fourth-order valence-corrected chi connectivity index (χ4v) is 2.64. The Labute approximate surface area is 156 Å². The SMILES string of the molecule is COC(=O)c1cc(CN(C)C(=O)c2cc([N+](=O)[O-])ccc2N(C)C)oc1C. The van der Waals surface area contributed by atoms with Crippen LogP contribution in [0.2, 0.25) is 0 Å². The third-order valence-corrected chi connectivity index (χ3v) is 4.02. The van der Waals surface area contributed by atoms with Gasteiger partial charge >= 0.3 is 5.97 Å². The molecule has 9 heteroatoms. The van der Waals surface area contributed by atoms with E-state index in [4.69, 9.17) is 4.42 Å². The number of furan rings is 1. The summed E-state index contributed by atoms with van der Waals surface area (Å²) >= 11 is 0. The zero-order valence-corrected chi connectivity index (χ0v) is 15.8. The first kappa shape index (κ1) is 20.0. The zero-order valence-electron chi connectivity index (χ0n) is 15.8. The zero-order chi connectivity index (χ0) is 20.3. The number of esters is 1. The Morgan fingerprint density at radius 2 is 1.85 bits per heavy atom. The molecule has 0 radical (unpaired) electrons. The van der Waals surface area contributed by atoms with Crippen molar-refractivity contribution in [2.45, 2.75) is 13.5 Å². The molecular formula is C18H21N3O6. The standard InChI is InChI=1S/C18H21N3O6/c1-11-14(18(23)26-5)9-13(27-11)10-20(4)17(22)15-8-12(21(24)25)6-7-16(15)19(2)3/h6-9H,10H2,1-5H3. The van der Waals surface area contributed by atoms with Gasteiger partial charge in [0.2, 0.25) is 0 Å². The van der Waals surface area contributed by atoms with E-state index in [1.807, 2.05) is 0 Å². The molecule has 0 saturated heterocycles. The van der Waals surface area contributed by atoms with Crippen molar-refractivity contribution in [3.05, 3.63) is 57.0 Å². The number of non-ortho nitro benzene ring substituents is 1. The smallest absolute Gasteiger partial charge is 0.341 e. The third kappa shape index (κ3) is 4.25. The van der Waals surface area contributed by atoms with Crippen LogP contribution in [0.4, 0.5) is 11.4 Å². The van der Waals surface area contributed by atoms with Crippen LogP contribution in [0.25, 0.3) is 0 Å². The van der Waals surface area contributed by atoms with Gasteiger partial charge < -0.3 is 19.0 Å². The summed E-state index contributed by atoms with van der Waals surface area (Å²) in [6.07, 6.45) is 0. The molecule has 0 N–H and O–H groups in total. The van der Waals surface area contributed by atoms with Gasteiger partial charge in [-0.2, -0.15) is 0 Å². The molecule has 0 fully saturated rings. The lowest BCUT2D eigenvalue weighted by molar-refractivity contribution is -0.384. The number of carbonyl (C=O) groups is 2. The molecule has 144 valence electrons. The molecule has 0 aliphatic carbocycles. The number of nitro benzene ring substituents is 1. The van der Waals surface area contributed by atoms with Gasteiger partial charge in [-0.3, -0.25) is 14.9 Å². The summed E-state index contributed by atoms with van der Waals surface area (Å²) in [6, 6.07) is 5.66. The molecule has 0 spiro atoms. The molecule has 9 nitrogen and oxygen atoms in total. The van der Waals surface area contributed by atoms with Crippen molar-refractivity contribution in [1.29, 1.82) is 0 Å². The normalized spacial score (nSPS) is 10.4. The minimum absolute atomic E-state index is 0.0895. The van der Waals surface area contributed by atoms with E-state index < -0.39 is 16.8 Å². The summed E-state index contributed by atoms with van der Waals surface area (Å²) < 4.78 is 10.2. The van der Waals surface area contributed by atoms with Crippen molar-refractivity contribution in [2.24, 2.45) is 0 Å². The number of hydrogen-bond acceptors (Lipinski definition) is 7. The topological polar surface area (TPSA) is 106 Å². The molecule has 0 aliphatic heterocycles. The van der Waals surface area contributed by atoms with E-state index in [-0.39, 0.29) is 23.4 Å². The third-order valence-electron chi connectivity index (χ3n) is 4.02. The van der Waals surface area contributed by atoms with E-state index in [0.29, 0.717) is 17.2 Å². The first-order valence-electron chi connectivity index (χ1n) is 8.04. The molecule has 0 saturated carbocycles. The maximum Gasteiger partial charge on any atom is 0.341 e. The van der Waals surface area contributed by atoms with Crippen LogP contribution in [0.15, 0.2) is 28.7 Å². The van der Waals surface area contributed by atoms with Crippen LogP contribution in [0.5, 0.6) is 0 Å². The molecule has 0 unspecified atom stereocenters. The second-order valence-corrected chi connectivity index (χ2v) is 6.19. The van der Waals surface area contributed by atoms with Gasteiger partial charge in [-0.05, 0) is 19.1 Å². The first-order valence-corrected chi connectivity index (χ1v) is 8.04. The number of ether oxygens (including phenoxy) is 1. The Kier molecular flexibility index (Phi) is 5.84. The van der Waals surface area contributed by atoms with Crippen molar-refractivity contribution in [3.8, 4) is 0 Å². The van der Waals surface area contributed by atoms with Crippen LogP contribution >= 0.6 is 0 Å². The Balaban J connectivity index is 2.31. The maximum atomic E-state index is 12.9. The Morgan fingerprint density at radius 3 is 2.41 bits per heavy atom. The second kappa shape index (κ2) is 7.90. The maximum absolute atomic E-state index is 12.9. The number of carbonyl (C=O) groups excluding carboxylic acids is 2. The largest absolute Gasteiger partial charge is 0.465 e. The van der Waals surface area contributed by atoms with Gasteiger partial charge in [0.15, 0.2) is 0 Å². The molecule has 1 aromatic heterocycles. The lowest BCUT2D eigenvalue weighted by Crippen LogP contribution is -2.28. The highest BCUT2D eigenvalue weighted by molar-refractivity contribution is 6.00. The minimum Gasteiger partial charge on any atom is -0.465 e. The number of nitrogens with zero attached hydrogens (tertiary/aromatic N) is 3. The van der Waals surface area contributed by atoms with Gasteiger partial charge in [0.1, 0.15) is 17.1 Å². The Hall–Kier alpha value is -3.36. The van der Waals surface area contributed by atoms with Crippen LogP contribution < -0.4 is 4.90 Å². The van der Waals surface area contributed by atoms with Crippen molar-refractivity contribution in [2.75, 3.05) is 33.2 Å². The molecule has 27 heavy (non-hydrogen) atoms. The van der Waals surface area contributed by atoms with Crippen LogP contribution in [-0.4, -0.2) is 50.0 Å². The molecule has 2 aromatic rings. The van der Waals surface area contributed by atoms with Gasteiger partial charge in [0.25, 0.3) is 11.6 Å². The Bertz CT molecular complexity index is 887. The summed E-state index contributed by atoms with van der Waals surface area (Å²) in [5.41, 5.74) is 0.883. The predicted octanol–water partition coefficient (Wildman–Crippen LogP) is 2.62. The molecule has 1 aromatic carbocycles. The summed E-state index contributed by atoms with van der Waals surface area (Å²) in [5, 5.41) is 11.1. The number of aryl methyl sites for hydroxylation is 1. The average molecular weight is 375 g/mol. The highest BCUT2D eigenvalue weighted by atomic mass is 16.6.